The summed E-state index contributed by atoms with van der Waals surface area (Å²) in [5.74, 6) is -0.718. The topological polar surface area (TPSA) is 57.5 Å². The Kier molecular flexibility index (Phi) is 3.63. The van der Waals surface area contributed by atoms with E-state index in [1.54, 1.807) is 12.1 Å². The first-order valence-electron chi connectivity index (χ1n) is 4.61. The molecule has 0 spiro atoms. The van der Waals surface area contributed by atoms with E-state index in [0.29, 0.717) is 6.42 Å². The zero-order valence-corrected chi connectivity index (χ0v) is 9.58. The Morgan fingerprint density at radius 3 is 2.27 bits per heavy atom. The number of hydrogen-bond donors (Lipinski definition) is 3. The number of aryl methyl sites for hydroxylation is 2. The van der Waals surface area contributed by atoms with E-state index in [1.807, 2.05) is 13.8 Å². The number of phenols is 1. The van der Waals surface area contributed by atoms with Crippen molar-refractivity contribution in [1.29, 1.82) is 0 Å². The summed E-state index contributed by atoms with van der Waals surface area (Å²) in [4.78, 5) is 10.7. The molecule has 0 bridgehead atoms. The van der Waals surface area contributed by atoms with Crippen LogP contribution in [0.4, 0.5) is 0 Å². The quantitative estimate of drug-likeness (QED) is 0.690. The lowest BCUT2D eigenvalue weighted by Crippen LogP contribution is -2.17. The van der Waals surface area contributed by atoms with Gasteiger partial charge in [-0.15, -0.1) is 0 Å². The highest BCUT2D eigenvalue weighted by atomic mass is 32.1. The zero-order valence-electron chi connectivity index (χ0n) is 8.69. The third-order valence-electron chi connectivity index (χ3n) is 2.36. The first kappa shape index (κ1) is 11.9. The average Bonchev–Trinajstić information content (AvgIpc) is 2.10. The van der Waals surface area contributed by atoms with Crippen LogP contribution in [0.3, 0.4) is 0 Å². The number of rotatable bonds is 3. The van der Waals surface area contributed by atoms with Gasteiger partial charge in [-0.1, -0.05) is 0 Å². The molecule has 15 heavy (non-hydrogen) atoms. The third-order valence-corrected chi connectivity index (χ3v) is 2.77. The molecule has 1 unspecified atom stereocenters. The monoisotopic (exact) mass is 226 g/mol. The maximum absolute atomic E-state index is 10.7. The lowest BCUT2D eigenvalue weighted by molar-refractivity contribution is -0.136. The fourth-order valence-corrected chi connectivity index (χ4v) is 1.76. The predicted molar refractivity (Wildman–Crippen MR) is 61.7 cm³/mol. The number of carboxylic acids is 1. The largest absolute Gasteiger partial charge is 0.508 e. The smallest absolute Gasteiger partial charge is 0.316 e. The summed E-state index contributed by atoms with van der Waals surface area (Å²) in [5.41, 5.74) is 2.73. The van der Waals surface area contributed by atoms with Gasteiger partial charge in [-0.2, -0.15) is 12.6 Å². The van der Waals surface area contributed by atoms with Crippen LogP contribution in [0.1, 0.15) is 16.7 Å². The second-order valence-electron chi connectivity index (χ2n) is 3.62. The summed E-state index contributed by atoms with van der Waals surface area (Å²) in [6, 6.07) is 3.26. The fraction of sp³-hybridized carbons (Fsp3) is 0.364. The van der Waals surface area contributed by atoms with Gasteiger partial charge in [0.2, 0.25) is 0 Å². The van der Waals surface area contributed by atoms with Crippen molar-refractivity contribution >= 4 is 18.6 Å². The van der Waals surface area contributed by atoms with Crippen molar-refractivity contribution in [1.82, 2.24) is 0 Å². The summed E-state index contributed by atoms with van der Waals surface area (Å²) in [6.07, 6.45) is 0.371. The SMILES string of the molecule is Cc1cc(O)cc(C)c1CC(S)C(=O)O. The highest BCUT2D eigenvalue weighted by molar-refractivity contribution is 7.81. The van der Waals surface area contributed by atoms with Gasteiger partial charge in [0.15, 0.2) is 0 Å². The Morgan fingerprint density at radius 2 is 1.87 bits per heavy atom. The van der Waals surface area contributed by atoms with E-state index in [2.05, 4.69) is 12.6 Å². The van der Waals surface area contributed by atoms with Gasteiger partial charge in [-0.3, -0.25) is 4.79 Å². The van der Waals surface area contributed by atoms with Crippen molar-refractivity contribution in [2.24, 2.45) is 0 Å². The van der Waals surface area contributed by atoms with E-state index in [1.165, 1.54) is 0 Å². The van der Waals surface area contributed by atoms with Crippen LogP contribution in [-0.4, -0.2) is 21.4 Å². The van der Waals surface area contributed by atoms with Crippen molar-refractivity contribution in [2.45, 2.75) is 25.5 Å². The summed E-state index contributed by atoms with van der Waals surface area (Å²) in [7, 11) is 0. The Bertz CT molecular complexity index is 364. The maximum Gasteiger partial charge on any atom is 0.316 e. The molecule has 1 aromatic carbocycles. The van der Waals surface area contributed by atoms with Gasteiger partial charge >= 0.3 is 5.97 Å². The van der Waals surface area contributed by atoms with E-state index in [-0.39, 0.29) is 5.75 Å². The molecule has 0 aliphatic rings. The summed E-state index contributed by atoms with van der Waals surface area (Å²) >= 11 is 3.99. The summed E-state index contributed by atoms with van der Waals surface area (Å²) < 4.78 is 0. The van der Waals surface area contributed by atoms with Gasteiger partial charge < -0.3 is 10.2 Å². The molecule has 0 aromatic heterocycles. The molecule has 0 radical (unpaired) electrons. The fourth-order valence-electron chi connectivity index (χ4n) is 1.57. The van der Waals surface area contributed by atoms with Crippen LogP contribution in [0.2, 0.25) is 0 Å². The van der Waals surface area contributed by atoms with Crippen molar-refractivity contribution in [3.8, 4) is 5.75 Å². The van der Waals surface area contributed by atoms with Gasteiger partial charge in [0, 0.05) is 0 Å². The van der Waals surface area contributed by atoms with Crippen molar-refractivity contribution in [3.63, 3.8) is 0 Å². The first-order chi connectivity index (χ1) is 6.91. The summed E-state index contributed by atoms with van der Waals surface area (Å²) in [5, 5.41) is 17.4. The average molecular weight is 226 g/mol. The van der Waals surface area contributed by atoms with Crippen LogP contribution in [-0.2, 0) is 11.2 Å². The molecule has 0 amide bonds. The van der Waals surface area contributed by atoms with Crippen LogP contribution in [0.5, 0.6) is 5.75 Å². The molecule has 0 aliphatic heterocycles. The lowest BCUT2D eigenvalue weighted by Gasteiger charge is -2.12. The molecule has 2 N–H and O–H groups in total. The van der Waals surface area contributed by atoms with Crippen LogP contribution < -0.4 is 0 Å². The molecule has 1 atom stereocenters. The van der Waals surface area contributed by atoms with Gasteiger partial charge in [0.1, 0.15) is 11.0 Å². The van der Waals surface area contributed by atoms with Crippen LogP contribution in [0.25, 0.3) is 0 Å². The number of thiol groups is 1. The van der Waals surface area contributed by atoms with Gasteiger partial charge in [-0.25, -0.2) is 0 Å². The molecule has 0 saturated heterocycles. The maximum atomic E-state index is 10.7. The molecule has 0 fully saturated rings. The standard InChI is InChI=1S/C11H14O3S/c1-6-3-8(12)4-7(2)9(6)5-10(15)11(13)14/h3-4,10,12,15H,5H2,1-2H3,(H,13,14). The molecular formula is C11H14O3S. The molecular weight excluding hydrogens is 212 g/mol. The number of phenolic OH excluding ortho intramolecular Hbond substituents is 1. The van der Waals surface area contributed by atoms with Crippen LogP contribution >= 0.6 is 12.6 Å². The van der Waals surface area contributed by atoms with Crippen molar-refractivity contribution in [2.75, 3.05) is 0 Å². The Hall–Kier alpha value is -1.16. The number of hydrogen-bond acceptors (Lipinski definition) is 3. The molecule has 1 aromatic rings. The Labute approximate surface area is 94.2 Å². The van der Waals surface area contributed by atoms with Crippen LogP contribution in [0.15, 0.2) is 12.1 Å². The molecule has 0 aliphatic carbocycles. The molecule has 1 rings (SSSR count). The van der Waals surface area contributed by atoms with E-state index < -0.39 is 11.2 Å². The minimum Gasteiger partial charge on any atom is -0.508 e. The number of carbonyl (C=O) groups is 1. The number of benzene rings is 1. The molecule has 0 saturated carbocycles. The minimum absolute atomic E-state index is 0.208. The van der Waals surface area contributed by atoms with E-state index in [4.69, 9.17) is 5.11 Å². The Balaban J connectivity index is 3.00. The van der Waals surface area contributed by atoms with Gasteiger partial charge in [0.25, 0.3) is 0 Å². The summed E-state index contributed by atoms with van der Waals surface area (Å²) in [6.45, 7) is 3.70. The highest BCUT2D eigenvalue weighted by Gasteiger charge is 2.15. The predicted octanol–water partition coefficient (Wildman–Crippen LogP) is 1.93. The molecule has 82 valence electrons. The zero-order chi connectivity index (χ0) is 11.6. The molecule has 3 nitrogen and oxygen atoms in total. The van der Waals surface area contributed by atoms with Crippen LogP contribution in [0, 0.1) is 13.8 Å². The number of carboxylic acid groups (broad SMARTS) is 1. The van der Waals surface area contributed by atoms with E-state index >= 15 is 0 Å². The third kappa shape index (κ3) is 2.89. The normalized spacial score (nSPS) is 12.5. The Morgan fingerprint density at radius 1 is 1.40 bits per heavy atom. The second-order valence-corrected chi connectivity index (χ2v) is 4.24. The molecule has 4 heteroatoms. The van der Waals surface area contributed by atoms with E-state index in [0.717, 1.165) is 16.7 Å². The highest BCUT2D eigenvalue weighted by Crippen LogP contribution is 2.23. The second kappa shape index (κ2) is 4.57. The number of aromatic hydroxyl groups is 1. The number of aliphatic carboxylic acids is 1. The van der Waals surface area contributed by atoms with Crippen molar-refractivity contribution in [3.05, 3.63) is 28.8 Å². The lowest BCUT2D eigenvalue weighted by atomic mass is 9.98. The van der Waals surface area contributed by atoms with Crippen molar-refractivity contribution < 1.29 is 15.0 Å². The van der Waals surface area contributed by atoms with Gasteiger partial charge in [0.05, 0.1) is 0 Å². The molecule has 0 heterocycles. The van der Waals surface area contributed by atoms with E-state index in [9.17, 15) is 9.90 Å². The first-order valence-corrected chi connectivity index (χ1v) is 5.13. The minimum atomic E-state index is -0.926. The van der Waals surface area contributed by atoms with Gasteiger partial charge in [-0.05, 0) is 49.1 Å².